The van der Waals surface area contributed by atoms with Gasteiger partial charge in [-0.2, -0.15) is 0 Å². The van der Waals surface area contributed by atoms with E-state index in [4.69, 9.17) is 0 Å². The minimum absolute atomic E-state index is 0.0730. The summed E-state index contributed by atoms with van der Waals surface area (Å²) in [6, 6.07) is 22.7. The summed E-state index contributed by atoms with van der Waals surface area (Å²) in [5, 5.41) is 4.57. The molecule has 0 aliphatic rings. The number of benzene rings is 3. The predicted molar refractivity (Wildman–Crippen MR) is 131 cm³/mol. The Morgan fingerprint density at radius 3 is 2.24 bits per heavy atom. The van der Waals surface area contributed by atoms with Crippen LogP contribution in [0.1, 0.15) is 24.0 Å². The number of carbonyl (C=O) groups is 2. The van der Waals surface area contributed by atoms with E-state index in [-0.39, 0.29) is 10.8 Å². The van der Waals surface area contributed by atoms with Crippen LogP contribution in [0.25, 0.3) is 10.8 Å². The van der Waals surface area contributed by atoms with Gasteiger partial charge in [-0.3, -0.25) is 14.6 Å². The zero-order valence-electron chi connectivity index (χ0n) is 18.4. The molecule has 4 rings (SSSR count). The summed E-state index contributed by atoms with van der Waals surface area (Å²) < 4.78 is 28.1. The van der Waals surface area contributed by atoms with Gasteiger partial charge in [0.1, 0.15) is 0 Å². The van der Waals surface area contributed by atoms with Crippen molar-refractivity contribution in [3.8, 4) is 0 Å². The first kappa shape index (κ1) is 23.1. The lowest BCUT2D eigenvalue weighted by molar-refractivity contribution is -0.120. The van der Waals surface area contributed by atoms with E-state index in [0.717, 1.165) is 16.3 Å². The average molecular weight is 474 g/mol. The minimum atomic E-state index is -4.12. The lowest BCUT2D eigenvalue weighted by atomic mass is 9.90. The van der Waals surface area contributed by atoms with Crippen LogP contribution >= 0.6 is 0 Å². The fourth-order valence-electron chi connectivity index (χ4n) is 3.72. The Labute approximate surface area is 197 Å². The van der Waals surface area contributed by atoms with E-state index in [1.54, 1.807) is 24.5 Å². The highest BCUT2D eigenvalue weighted by molar-refractivity contribution is 7.90. The highest BCUT2D eigenvalue weighted by Crippen LogP contribution is 2.26. The minimum Gasteiger partial charge on any atom is -0.326 e. The number of hydrogen-bond donors (Lipinski definition) is 2. The van der Waals surface area contributed by atoms with Crippen molar-refractivity contribution in [1.29, 1.82) is 0 Å². The van der Waals surface area contributed by atoms with E-state index >= 15 is 0 Å². The van der Waals surface area contributed by atoms with Gasteiger partial charge < -0.3 is 5.32 Å². The molecule has 8 heteroatoms. The predicted octanol–water partition coefficient (Wildman–Crippen LogP) is 4.02. The molecule has 0 aliphatic carbocycles. The molecule has 1 atom stereocenters. The van der Waals surface area contributed by atoms with Crippen LogP contribution in [0, 0.1) is 0 Å². The average Bonchev–Trinajstić information content (AvgIpc) is 2.82. The standard InChI is InChI=1S/C26H23N3O4S/c1-18(30)28-23-8-10-24(11-9-23)34(32,33)29-26(31)25(16-19-12-14-27-15-13-19)22-7-6-20-4-2-3-5-21(20)17-22/h2-15,17,25H,16H2,1H3,(H,28,30)(H,29,31). The maximum absolute atomic E-state index is 13.3. The molecule has 34 heavy (non-hydrogen) atoms. The number of nitrogens with one attached hydrogen (secondary N) is 2. The molecule has 0 saturated carbocycles. The van der Waals surface area contributed by atoms with Crippen molar-refractivity contribution in [2.45, 2.75) is 24.2 Å². The second kappa shape index (κ2) is 9.84. The number of rotatable bonds is 7. The third-order valence-corrected chi connectivity index (χ3v) is 6.76. The number of carbonyl (C=O) groups excluding carboxylic acids is 2. The van der Waals surface area contributed by atoms with E-state index in [1.807, 2.05) is 42.5 Å². The van der Waals surface area contributed by atoms with Gasteiger partial charge in [0.15, 0.2) is 0 Å². The van der Waals surface area contributed by atoms with Gasteiger partial charge in [-0.25, -0.2) is 13.1 Å². The Balaban J connectivity index is 1.63. The van der Waals surface area contributed by atoms with Crippen LogP contribution < -0.4 is 10.0 Å². The van der Waals surface area contributed by atoms with Gasteiger partial charge in [-0.05, 0) is 64.7 Å². The number of aromatic nitrogens is 1. The molecule has 2 amide bonds. The second-order valence-corrected chi connectivity index (χ2v) is 9.58. The molecule has 1 aromatic heterocycles. The van der Waals surface area contributed by atoms with Crippen molar-refractivity contribution < 1.29 is 18.0 Å². The number of anilines is 1. The topological polar surface area (TPSA) is 105 Å². The zero-order valence-corrected chi connectivity index (χ0v) is 19.2. The van der Waals surface area contributed by atoms with Gasteiger partial charge in [0, 0.05) is 25.0 Å². The first-order chi connectivity index (χ1) is 16.3. The van der Waals surface area contributed by atoms with Crippen molar-refractivity contribution in [1.82, 2.24) is 9.71 Å². The Kier molecular flexibility index (Phi) is 6.70. The summed E-state index contributed by atoms with van der Waals surface area (Å²) in [5.41, 5.74) is 2.04. The van der Waals surface area contributed by atoms with Crippen LogP contribution in [0.15, 0.2) is 96.2 Å². The lowest BCUT2D eigenvalue weighted by Crippen LogP contribution is -2.35. The van der Waals surface area contributed by atoms with E-state index in [9.17, 15) is 18.0 Å². The van der Waals surface area contributed by atoms with E-state index in [0.29, 0.717) is 17.7 Å². The Bertz CT molecular complexity index is 1440. The van der Waals surface area contributed by atoms with Gasteiger partial charge in [0.2, 0.25) is 11.8 Å². The van der Waals surface area contributed by atoms with Crippen LogP contribution in [0.5, 0.6) is 0 Å². The van der Waals surface area contributed by atoms with Gasteiger partial charge in [-0.15, -0.1) is 0 Å². The first-order valence-corrected chi connectivity index (χ1v) is 12.1. The zero-order chi connectivity index (χ0) is 24.1. The smallest absolute Gasteiger partial charge is 0.264 e. The first-order valence-electron chi connectivity index (χ1n) is 10.6. The maximum atomic E-state index is 13.3. The largest absolute Gasteiger partial charge is 0.326 e. The molecule has 7 nitrogen and oxygen atoms in total. The SMILES string of the molecule is CC(=O)Nc1ccc(S(=O)(=O)NC(=O)C(Cc2ccncc2)c2ccc3ccccc3c2)cc1. The van der Waals surface area contributed by atoms with Gasteiger partial charge in [0.25, 0.3) is 10.0 Å². The highest BCUT2D eigenvalue weighted by atomic mass is 32.2. The number of hydrogen-bond acceptors (Lipinski definition) is 5. The van der Waals surface area contributed by atoms with Crippen LogP contribution in [-0.2, 0) is 26.0 Å². The van der Waals surface area contributed by atoms with E-state index in [1.165, 1.54) is 31.2 Å². The van der Waals surface area contributed by atoms with Crippen molar-refractivity contribution in [3.05, 3.63) is 102 Å². The summed E-state index contributed by atoms with van der Waals surface area (Å²) in [6.45, 7) is 1.36. The molecule has 0 radical (unpaired) electrons. The summed E-state index contributed by atoms with van der Waals surface area (Å²) >= 11 is 0. The molecular weight excluding hydrogens is 450 g/mol. The summed E-state index contributed by atoms with van der Waals surface area (Å²) in [5.74, 6) is -1.63. The summed E-state index contributed by atoms with van der Waals surface area (Å²) in [4.78, 5) is 28.5. The van der Waals surface area contributed by atoms with Crippen LogP contribution in [0.3, 0.4) is 0 Å². The molecule has 1 unspecified atom stereocenters. The monoisotopic (exact) mass is 473 g/mol. The molecule has 0 saturated heterocycles. The third kappa shape index (κ3) is 5.47. The summed E-state index contributed by atoms with van der Waals surface area (Å²) in [6.07, 6.45) is 3.58. The second-order valence-electron chi connectivity index (χ2n) is 7.89. The Morgan fingerprint density at radius 1 is 0.882 bits per heavy atom. The number of nitrogens with zero attached hydrogens (tertiary/aromatic N) is 1. The number of amides is 2. The van der Waals surface area contributed by atoms with Gasteiger partial charge in [-0.1, -0.05) is 42.5 Å². The quantitative estimate of drug-likeness (QED) is 0.422. The molecule has 4 aromatic rings. The van der Waals surface area contributed by atoms with Gasteiger partial charge in [0.05, 0.1) is 10.8 Å². The summed E-state index contributed by atoms with van der Waals surface area (Å²) in [7, 11) is -4.12. The fourth-order valence-corrected chi connectivity index (χ4v) is 4.74. The molecule has 0 bridgehead atoms. The van der Waals surface area contributed by atoms with Crippen LogP contribution in [0.4, 0.5) is 5.69 Å². The Morgan fingerprint density at radius 2 is 1.56 bits per heavy atom. The molecule has 0 spiro atoms. The maximum Gasteiger partial charge on any atom is 0.264 e. The number of pyridine rings is 1. The van der Waals surface area contributed by atoms with Crippen LogP contribution in [0.2, 0.25) is 0 Å². The third-order valence-electron chi connectivity index (χ3n) is 5.40. The van der Waals surface area contributed by atoms with E-state index < -0.39 is 21.8 Å². The molecular formula is C26H23N3O4S. The molecule has 0 aliphatic heterocycles. The van der Waals surface area contributed by atoms with Crippen molar-refractivity contribution in [2.75, 3.05) is 5.32 Å². The van der Waals surface area contributed by atoms with Crippen LogP contribution in [-0.4, -0.2) is 25.2 Å². The molecule has 172 valence electrons. The number of fused-ring (bicyclic) bond motifs is 1. The van der Waals surface area contributed by atoms with E-state index in [2.05, 4.69) is 15.0 Å². The highest BCUT2D eigenvalue weighted by Gasteiger charge is 2.26. The fraction of sp³-hybridized carbons (Fsp3) is 0.115. The van der Waals surface area contributed by atoms with Gasteiger partial charge >= 0.3 is 0 Å². The van der Waals surface area contributed by atoms with Crippen molar-refractivity contribution in [2.24, 2.45) is 0 Å². The number of sulfonamides is 1. The normalized spacial score (nSPS) is 12.1. The Hall–Kier alpha value is -4.04. The molecule has 2 N–H and O–H groups in total. The lowest BCUT2D eigenvalue weighted by Gasteiger charge is -2.18. The molecule has 3 aromatic carbocycles. The van der Waals surface area contributed by atoms with Crippen molar-refractivity contribution in [3.63, 3.8) is 0 Å². The molecule has 0 fully saturated rings. The van der Waals surface area contributed by atoms with Crippen molar-refractivity contribution >= 4 is 38.3 Å². The molecule has 1 heterocycles.